The van der Waals surface area contributed by atoms with Gasteiger partial charge in [0, 0.05) is 24.2 Å². The Morgan fingerprint density at radius 2 is 2.00 bits per heavy atom. The number of nitrogens with zero attached hydrogens (tertiary/aromatic N) is 4. The van der Waals surface area contributed by atoms with E-state index in [1.165, 1.54) is 24.1 Å². The number of nitrogens with two attached hydrogens (primary N) is 2. The van der Waals surface area contributed by atoms with Crippen LogP contribution in [0.4, 0.5) is 10.2 Å². The van der Waals surface area contributed by atoms with E-state index in [1.807, 2.05) is 32.9 Å². The topological polar surface area (TPSA) is 108 Å². The number of nitrogen functional groups attached to an aromatic ring is 1. The minimum atomic E-state index is -0.193. The first-order valence-corrected chi connectivity index (χ1v) is 11.7. The van der Waals surface area contributed by atoms with Gasteiger partial charge in [0.2, 0.25) is 0 Å². The minimum absolute atomic E-state index is 0.193. The molecule has 0 bridgehead atoms. The Labute approximate surface area is 195 Å². The second kappa shape index (κ2) is 15.3. The number of benzene rings is 1. The van der Waals surface area contributed by atoms with Gasteiger partial charge in [-0.3, -0.25) is 9.40 Å². The van der Waals surface area contributed by atoms with E-state index in [-0.39, 0.29) is 5.82 Å². The number of rotatable bonds is 8. The van der Waals surface area contributed by atoms with Crippen molar-refractivity contribution in [1.82, 2.24) is 24.5 Å². The van der Waals surface area contributed by atoms with Gasteiger partial charge in [-0.2, -0.15) is 5.10 Å². The van der Waals surface area contributed by atoms with E-state index < -0.39 is 0 Å². The molecule has 0 unspecified atom stereocenters. The van der Waals surface area contributed by atoms with Gasteiger partial charge in [0.25, 0.3) is 0 Å². The molecule has 5 N–H and O–H groups in total. The maximum atomic E-state index is 12.9. The molecule has 2 aromatic heterocycles. The van der Waals surface area contributed by atoms with E-state index in [9.17, 15) is 4.39 Å². The van der Waals surface area contributed by atoms with Crippen molar-refractivity contribution in [3.05, 3.63) is 54.4 Å². The summed E-state index contributed by atoms with van der Waals surface area (Å²) in [5.74, 6) is 1.15. The van der Waals surface area contributed by atoms with E-state index in [0.717, 1.165) is 47.8 Å². The van der Waals surface area contributed by atoms with Gasteiger partial charge in [0.05, 0.1) is 17.5 Å². The molecule has 0 fully saturated rings. The monoisotopic (exact) mass is 461 g/mol. The molecule has 32 heavy (non-hydrogen) atoms. The first-order chi connectivity index (χ1) is 15.4. The zero-order valence-electron chi connectivity index (χ0n) is 19.7. The Bertz CT molecular complexity index is 917. The van der Waals surface area contributed by atoms with Gasteiger partial charge >= 0.3 is 0 Å². The highest BCUT2D eigenvalue weighted by atomic mass is 32.2. The zero-order valence-corrected chi connectivity index (χ0v) is 20.5. The lowest BCUT2D eigenvalue weighted by Gasteiger charge is -2.15. The molecule has 0 spiro atoms. The molecule has 0 radical (unpaired) electrons. The first-order valence-electron chi connectivity index (χ1n) is 10.9. The molecule has 0 aliphatic carbocycles. The fourth-order valence-corrected chi connectivity index (χ4v) is 3.55. The van der Waals surface area contributed by atoms with Crippen molar-refractivity contribution in [2.24, 2.45) is 12.8 Å². The van der Waals surface area contributed by atoms with Crippen LogP contribution in [0.3, 0.4) is 0 Å². The molecule has 2 heterocycles. The number of hydrogen-bond acceptors (Lipinski definition) is 7. The normalized spacial score (nSPS) is 11.1. The van der Waals surface area contributed by atoms with E-state index in [2.05, 4.69) is 26.7 Å². The lowest BCUT2D eigenvalue weighted by molar-refractivity contribution is 0.543. The number of nitrogens with one attached hydrogen (secondary N) is 1. The van der Waals surface area contributed by atoms with Crippen LogP contribution in [0.5, 0.6) is 0 Å². The van der Waals surface area contributed by atoms with Crippen molar-refractivity contribution in [3.63, 3.8) is 0 Å². The number of halogens is 1. The first kappa shape index (κ1) is 27.5. The van der Waals surface area contributed by atoms with Crippen molar-refractivity contribution in [1.29, 1.82) is 0 Å². The molecule has 0 amide bonds. The predicted octanol–water partition coefficient (Wildman–Crippen LogP) is 4.73. The van der Waals surface area contributed by atoms with Crippen LogP contribution in [0, 0.1) is 12.7 Å². The van der Waals surface area contributed by atoms with E-state index in [0.29, 0.717) is 11.9 Å². The second-order valence-electron chi connectivity index (χ2n) is 6.77. The van der Waals surface area contributed by atoms with E-state index >= 15 is 0 Å². The smallest absolute Gasteiger partial charge is 0.130 e. The lowest BCUT2D eigenvalue weighted by Crippen LogP contribution is -2.22. The molecule has 3 aromatic rings. The molecule has 1 atom stereocenters. The van der Waals surface area contributed by atoms with Crippen LogP contribution in [-0.4, -0.2) is 32.3 Å². The highest BCUT2D eigenvalue weighted by Crippen LogP contribution is 2.22. The molecule has 176 valence electrons. The van der Waals surface area contributed by atoms with Crippen molar-refractivity contribution in [2.75, 3.05) is 12.3 Å². The summed E-state index contributed by atoms with van der Waals surface area (Å²) in [5.41, 5.74) is 13.0. The molecule has 0 aliphatic rings. The average molecular weight is 462 g/mol. The van der Waals surface area contributed by atoms with Crippen LogP contribution in [0.15, 0.2) is 47.6 Å². The van der Waals surface area contributed by atoms with E-state index in [1.54, 1.807) is 30.2 Å². The molecule has 3 rings (SSSR count). The van der Waals surface area contributed by atoms with Crippen LogP contribution in [0.25, 0.3) is 11.3 Å². The summed E-state index contributed by atoms with van der Waals surface area (Å²) in [5, 5.41) is 4.05. The fraction of sp³-hybridized carbons (Fsp3) is 0.435. The quantitative estimate of drug-likeness (QED) is 0.416. The number of aryl methyl sites for hydroxylation is 2. The summed E-state index contributed by atoms with van der Waals surface area (Å²) in [6.45, 7) is 8.71. The summed E-state index contributed by atoms with van der Waals surface area (Å²) < 4.78 is 17.9. The van der Waals surface area contributed by atoms with E-state index in [4.69, 9.17) is 11.5 Å². The van der Waals surface area contributed by atoms with Gasteiger partial charge in [-0.05, 0) is 68.9 Å². The molecule has 9 heteroatoms. The molecule has 7 nitrogen and oxygen atoms in total. The second-order valence-corrected chi connectivity index (χ2v) is 7.68. The number of hydrogen-bond donors (Lipinski definition) is 3. The summed E-state index contributed by atoms with van der Waals surface area (Å²) in [7, 11) is 1.80. The molecule has 0 aliphatic heterocycles. The third-order valence-electron chi connectivity index (χ3n) is 4.43. The minimum Gasteiger partial charge on any atom is -0.383 e. The van der Waals surface area contributed by atoms with Crippen molar-refractivity contribution in [2.45, 2.75) is 57.9 Å². The SMILES string of the molecule is CC.CC[C@@H](CCCN)NSc1cccc(F)c1.Cc1nccc(-c2cnn(C)c2N)n1. The number of aromatic nitrogens is 4. The largest absolute Gasteiger partial charge is 0.383 e. The molecular formula is C23H36FN7S. The predicted molar refractivity (Wildman–Crippen MR) is 132 cm³/mol. The van der Waals surface area contributed by atoms with Crippen molar-refractivity contribution in [3.8, 4) is 11.3 Å². The van der Waals surface area contributed by atoms with Gasteiger partial charge in [-0.25, -0.2) is 14.4 Å². The van der Waals surface area contributed by atoms with Gasteiger partial charge in [0.15, 0.2) is 0 Å². The van der Waals surface area contributed by atoms with Crippen LogP contribution in [0.1, 0.15) is 45.9 Å². The van der Waals surface area contributed by atoms with Crippen LogP contribution < -0.4 is 16.2 Å². The van der Waals surface area contributed by atoms with Crippen molar-refractivity contribution >= 4 is 17.8 Å². The Hall–Kier alpha value is -2.49. The summed E-state index contributed by atoms with van der Waals surface area (Å²) >= 11 is 1.49. The Balaban J connectivity index is 0.000000299. The average Bonchev–Trinajstić information content (AvgIpc) is 3.14. The summed E-state index contributed by atoms with van der Waals surface area (Å²) in [4.78, 5) is 9.20. The fourth-order valence-electron chi connectivity index (χ4n) is 2.64. The standard InChI is InChI=1S/C12H19FN2S.C9H11N5.C2H6/c1-2-11(6-4-8-14)15-16-12-7-3-5-10(13)9-12;1-6-11-4-3-8(13-6)7-5-12-14(2)9(7)10;1-2/h3,5,7,9,11,15H,2,4,6,8,14H2,1H3;3-5H,10H2,1-2H3;1-2H3/t11-;;/m0../s1. The maximum absolute atomic E-state index is 12.9. The highest BCUT2D eigenvalue weighted by molar-refractivity contribution is 7.97. The molecule has 1 aromatic carbocycles. The van der Waals surface area contributed by atoms with Crippen LogP contribution >= 0.6 is 11.9 Å². The van der Waals surface area contributed by atoms with Crippen LogP contribution in [0.2, 0.25) is 0 Å². The Morgan fingerprint density at radius 1 is 1.25 bits per heavy atom. The van der Waals surface area contributed by atoms with Crippen molar-refractivity contribution < 1.29 is 4.39 Å². The lowest BCUT2D eigenvalue weighted by atomic mass is 10.1. The Kier molecular flexibility index (Phi) is 13.2. The highest BCUT2D eigenvalue weighted by Gasteiger charge is 2.08. The zero-order chi connectivity index (χ0) is 23.9. The van der Waals surface area contributed by atoms with Gasteiger partial charge in [0.1, 0.15) is 17.5 Å². The van der Waals surface area contributed by atoms with Gasteiger partial charge in [-0.15, -0.1) is 0 Å². The molecular weight excluding hydrogens is 425 g/mol. The third kappa shape index (κ3) is 9.33. The van der Waals surface area contributed by atoms with Crippen LogP contribution in [-0.2, 0) is 7.05 Å². The maximum Gasteiger partial charge on any atom is 0.130 e. The molecule has 0 saturated heterocycles. The summed E-state index contributed by atoms with van der Waals surface area (Å²) in [6.07, 6.45) is 6.56. The van der Waals surface area contributed by atoms with Gasteiger partial charge in [-0.1, -0.05) is 26.8 Å². The Morgan fingerprint density at radius 3 is 2.56 bits per heavy atom. The third-order valence-corrected chi connectivity index (χ3v) is 5.37. The number of anilines is 1. The summed E-state index contributed by atoms with van der Waals surface area (Å²) in [6, 6.07) is 8.87. The molecule has 0 saturated carbocycles. The van der Waals surface area contributed by atoms with Gasteiger partial charge < -0.3 is 11.5 Å².